The first-order valence-corrected chi connectivity index (χ1v) is 6.40. The van der Waals surface area contributed by atoms with E-state index in [1.54, 1.807) is 0 Å². The van der Waals surface area contributed by atoms with Gasteiger partial charge in [0.1, 0.15) is 6.10 Å². The molecule has 0 spiro atoms. The molecule has 5 heteroatoms. The molecule has 3 atom stereocenters. The second kappa shape index (κ2) is 5.42. The van der Waals surface area contributed by atoms with Gasteiger partial charge in [0.05, 0.1) is 13.4 Å². The fourth-order valence-electron chi connectivity index (χ4n) is 2.40. The zero-order valence-electron chi connectivity index (χ0n) is 11.1. The lowest BCUT2D eigenvalue weighted by atomic mass is 9.80. The lowest BCUT2D eigenvalue weighted by Crippen LogP contribution is -2.29. The molecule has 1 aromatic heterocycles. The average Bonchev–Trinajstić information content (AvgIpc) is 2.34. The second-order valence-corrected chi connectivity index (χ2v) is 5.08. The van der Waals surface area contributed by atoms with E-state index < -0.39 is 0 Å². The first-order valence-electron chi connectivity index (χ1n) is 6.40. The summed E-state index contributed by atoms with van der Waals surface area (Å²) in [6.45, 7) is 4.51. The van der Waals surface area contributed by atoms with Crippen LogP contribution in [0.5, 0.6) is 11.6 Å². The first-order chi connectivity index (χ1) is 8.61. The molecule has 1 fully saturated rings. The number of nitrogens with zero attached hydrogens (tertiary/aromatic N) is 1. The summed E-state index contributed by atoms with van der Waals surface area (Å²) in [5, 5.41) is 0. The van der Waals surface area contributed by atoms with Crippen molar-refractivity contribution >= 4 is 0 Å². The third-order valence-corrected chi connectivity index (χ3v) is 3.81. The van der Waals surface area contributed by atoms with Gasteiger partial charge in [0, 0.05) is 0 Å². The summed E-state index contributed by atoms with van der Waals surface area (Å²) in [6.07, 6.45) is 4.62. The number of hydrogen-bond donors (Lipinski definition) is 1. The molecule has 5 nitrogen and oxygen atoms in total. The predicted molar refractivity (Wildman–Crippen MR) is 68.0 cm³/mol. The molecule has 0 bridgehead atoms. The van der Waals surface area contributed by atoms with Crippen molar-refractivity contribution in [2.24, 2.45) is 11.8 Å². The summed E-state index contributed by atoms with van der Waals surface area (Å²) in [5.74, 6) is 1.83. The number of H-pyrrole nitrogens is 1. The number of nitrogens with one attached hydrogen (secondary N) is 1. The molecule has 18 heavy (non-hydrogen) atoms. The molecule has 0 radical (unpaired) electrons. The number of methoxy groups -OCH3 is 1. The molecule has 1 aromatic rings. The van der Waals surface area contributed by atoms with Crippen molar-refractivity contribution < 1.29 is 9.47 Å². The Bertz CT molecular complexity index is 458. The van der Waals surface area contributed by atoms with Crippen LogP contribution in [0.1, 0.15) is 33.1 Å². The summed E-state index contributed by atoms with van der Waals surface area (Å²) in [5.41, 5.74) is -0.306. The number of ether oxygens (including phenoxy) is 2. The number of hydrogen-bond acceptors (Lipinski definition) is 4. The van der Waals surface area contributed by atoms with Crippen LogP contribution < -0.4 is 15.0 Å². The van der Waals surface area contributed by atoms with Crippen molar-refractivity contribution in [3.05, 3.63) is 16.7 Å². The van der Waals surface area contributed by atoms with Crippen molar-refractivity contribution in [2.75, 3.05) is 7.11 Å². The predicted octanol–water partition coefficient (Wildman–Crippen LogP) is 1.98. The van der Waals surface area contributed by atoms with Gasteiger partial charge in [-0.2, -0.15) is 0 Å². The van der Waals surface area contributed by atoms with Crippen LogP contribution in [-0.2, 0) is 0 Å². The summed E-state index contributed by atoms with van der Waals surface area (Å²) in [7, 11) is 1.45. The van der Waals surface area contributed by atoms with E-state index >= 15 is 0 Å². The van der Waals surface area contributed by atoms with Crippen LogP contribution in [0.15, 0.2) is 11.1 Å². The molecule has 0 aliphatic heterocycles. The highest BCUT2D eigenvalue weighted by atomic mass is 16.5. The molecule has 0 saturated heterocycles. The maximum atomic E-state index is 11.5. The van der Waals surface area contributed by atoms with Crippen LogP contribution in [0.25, 0.3) is 0 Å². The minimum atomic E-state index is -0.306. The lowest BCUT2D eigenvalue weighted by molar-refractivity contribution is 0.0928. The molecule has 2 rings (SSSR count). The van der Waals surface area contributed by atoms with E-state index in [2.05, 4.69) is 23.8 Å². The third kappa shape index (κ3) is 2.66. The van der Waals surface area contributed by atoms with Crippen LogP contribution in [0, 0.1) is 11.8 Å². The van der Waals surface area contributed by atoms with Crippen LogP contribution >= 0.6 is 0 Å². The molecule has 1 aliphatic rings. The van der Waals surface area contributed by atoms with E-state index in [0.717, 1.165) is 25.2 Å². The van der Waals surface area contributed by atoms with Gasteiger partial charge in [-0.25, -0.2) is 4.98 Å². The van der Waals surface area contributed by atoms with E-state index in [9.17, 15) is 4.79 Å². The number of rotatable bonds is 3. The summed E-state index contributed by atoms with van der Waals surface area (Å²) < 4.78 is 10.9. The van der Waals surface area contributed by atoms with E-state index in [4.69, 9.17) is 9.47 Å². The zero-order chi connectivity index (χ0) is 13.1. The Balaban J connectivity index is 2.10. The summed E-state index contributed by atoms with van der Waals surface area (Å²) in [6, 6.07) is 0. The van der Waals surface area contributed by atoms with E-state index in [1.807, 2.05) is 0 Å². The van der Waals surface area contributed by atoms with Gasteiger partial charge in [0.15, 0.2) is 0 Å². The monoisotopic (exact) mass is 252 g/mol. The topological polar surface area (TPSA) is 64.2 Å². The highest BCUT2D eigenvalue weighted by Crippen LogP contribution is 2.32. The molecule has 1 saturated carbocycles. The Morgan fingerprint density at radius 3 is 2.78 bits per heavy atom. The number of aromatic amines is 1. The van der Waals surface area contributed by atoms with Crippen LogP contribution in [0.3, 0.4) is 0 Å². The Hall–Kier alpha value is -1.52. The molecule has 3 unspecified atom stereocenters. The maximum Gasteiger partial charge on any atom is 0.297 e. The lowest BCUT2D eigenvalue weighted by Gasteiger charge is -2.31. The minimum absolute atomic E-state index is 0.124. The van der Waals surface area contributed by atoms with E-state index in [1.165, 1.54) is 13.4 Å². The Labute approximate surface area is 107 Å². The fourth-order valence-corrected chi connectivity index (χ4v) is 2.40. The van der Waals surface area contributed by atoms with E-state index in [0.29, 0.717) is 11.8 Å². The standard InChI is InChI=1S/C13H20N2O3/c1-8-4-5-10(6-9(8)2)18-13-11(17-3)12(16)14-7-15-13/h7-10H,4-6H2,1-3H3,(H,14,15,16). The molecule has 0 amide bonds. The van der Waals surface area contributed by atoms with Gasteiger partial charge < -0.3 is 14.5 Å². The Morgan fingerprint density at radius 1 is 1.33 bits per heavy atom. The Kier molecular flexibility index (Phi) is 3.89. The molecule has 100 valence electrons. The molecule has 1 N–H and O–H groups in total. The fraction of sp³-hybridized carbons (Fsp3) is 0.692. The normalized spacial score (nSPS) is 27.8. The van der Waals surface area contributed by atoms with Crippen LogP contribution in [0.4, 0.5) is 0 Å². The summed E-state index contributed by atoms with van der Waals surface area (Å²) in [4.78, 5) is 18.0. The third-order valence-electron chi connectivity index (χ3n) is 3.81. The van der Waals surface area contributed by atoms with Crippen molar-refractivity contribution in [1.29, 1.82) is 0 Å². The highest BCUT2D eigenvalue weighted by molar-refractivity contribution is 5.29. The van der Waals surface area contributed by atoms with Crippen LogP contribution in [-0.4, -0.2) is 23.2 Å². The zero-order valence-corrected chi connectivity index (χ0v) is 11.1. The quantitative estimate of drug-likeness (QED) is 0.893. The van der Waals surface area contributed by atoms with Crippen molar-refractivity contribution in [1.82, 2.24) is 9.97 Å². The van der Waals surface area contributed by atoms with Gasteiger partial charge in [-0.15, -0.1) is 0 Å². The molecule has 1 aliphatic carbocycles. The Morgan fingerprint density at radius 2 is 2.11 bits per heavy atom. The van der Waals surface area contributed by atoms with Gasteiger partial charge in [0.2, 0.25) is 5.75 Å². The number of aromatic nitrogens is 2. The van der Waals surface area contributed by atoms with Gasteiger partial charge in [-0.05, 0) is 31.1 Å². The smallest absolute Gasteiger partial charge is 0.297 e. The van der Waals surface area contributed by atoms with Gasteiger partial charge >= 0.3 is 0 Å². The minimum Gasteiger partial charge on any atom is -0.487 e. The van der Waals surface area contributed by atoms with Crippen molar-refractivity contribution in [3.63, 3.8) is 0 Å². The average molecular weight is 252 g/mol. The molecular weight excluding hydrogens is 232 g/mol. The SMILES string of the molecule is COc1c(OC2CCC(C)C(C)C2)nc[nH]c1=O. The summed E-state index contributed by atoms with van der Waals surface area (Å²) >= 11 is 0. The van der Waals surface area contributed by atoms with Crippen molar-refractivity contribution in [2.45, 2.75) is 39.2 Å². The second-order valence-electron chi connectivity index (χ2n) is 5.08. The van der Waals surface area contributed by atoms with Gasteiger partial charge in [-0.3, -0.25) is 4.79 Å². The molecule has 0 aromatic carbocycles. The van der Waals surface area contributed by atoms with Gasteiger partial charge in [-0.1, -0.05) is 13.8 Å². The van der Waals surface area contributed by atoms with Gasteiger partial charge in [0.25, 0.3) is 11.4 Å². The van der Waals surface area contributed by atoms with Crippen LogP contribution in [0.2, 0.25) is 0 Å². The highest BCUT2D eigenvalue weighted by Gasteiger charge is 2.27. The van der Waals surface area contributed by atoms with E-state index in [-0.39, 0.29) is 17.4 Å². The maximum absolute atomic E-state index is 11.5. The largest absolute Gasteiger partial charge is 0.487 e. The van der Waals surface area contributed by atoms with Crippen molar-refractivity contribution in [3.8, 4) is 11.6 Å². The first kappa shape index (κ1) is 12.9. The molecule has 1 heterocycles. The molecular formula is C13H20N2O3.